The molecule has 0 saturated heterocycles. The molecule has 0 radical (unpaired) electrons. The smallest absolute Gasteiger partial charge is 0.0711 e. The maximum atomic E-state index is 2.71. The standard InChI is InChI=1S/C59H49N/c1-57(2)49-28-16-13-25-44(49)47-36-41(31-33-51(47)57)60(42-32-34-52-48(37-42)45-26-14-17-29-50(45)58(52,3)4)56-43-24-12-11-19-38(43)35-54-55(56)46-27-15-18-30-53(46)59(54,39-20-7-5-8-21-39)40-22-9-6-10-23-40/h5-33,35-38,43,52H,34H2,1-4H3. The normalized spacial score (nSPS) is 22.6. The molecule has 60 heavy (non-hydrogen) atoms. The number of rotatable bonds is 5. The van der Waals surface area contributed by atoms with Crippen molar-refractivity contribution in [2.24, 2.45) is 17.8 Å². The minimum Gasteiger partial charge on any atom is -0.313 e. The van der Waals surface area contributed by atoms with Crippen molar-refractivity contribution in [3.8, 4) is 11.1 Å². The van der Waals surface area contributed by atoms with Crippen molar-refractivity contribution in [1.82, 2.24) is 0 Å². The number of allylic oxidation sites excluding steroid dienone is 10. The molecular formula is C59H49N. The van der Waals surface area contributed by atoms with Gasteiger partial charge in [-0.3, -0.25) is 0 Å². The SMILES string of the molecule is CC1(C)c2ccccc2-c2cc(N(C3=CCC4C(=C3)c3ccccc3C4(C)C)C3=C4C(=CC5C=CC=CC35)C(c3ccccc3)(c3ccccc3)c3ccccc34)ccc21. The third-order valence-electron chi connectivity index (χ3n) is 15.2. The first-order chi connectivity index (χ1) is 29.3. The summed E-state index contributed by atoms with van der Waals surface area (Å²) < 4.78 is 0. The molecule has 3 unspecified atom stereocenters. The molecule has 290 valence electrons. The van der Waals surface area contributed by atoms with Gasteiger partial charge in [0.25, 0.3) is 0 Å². The van der Waals surface area contributed by atoms with E-state index < -0.39 is 5.41 Å². The lowest BCUT2D eigenvalue weighted by atomic mass is 9.64. The van der Waals surface area contributed by atoms with E-state index in [2.05, 4.69) is 227 Å². The van der Waals surface area contributed by atoms with Gasteiger partial charge in [0.05, 0.1) is 5.41 Å². The molecule has 12 rings (SSSR count). The Bertz CT molecular complexity index is 2920. The first kappa shape index (κ1) is 35.5. The van der Waals surface area contributed by atoms with Crippen LogP contribution >= 0.6 is 0 Å². The number of nitrogens with zero attached hydrogens (tertiary/aromatic N) is 1. The lowest BCUT2D eigenvalue weighted by Crippen LogP contribution is -2.36. The Morgan fingerprint density at radius 2 is 1.15 bits per heavy atom. The fraction of sp³-hybridized carbons (Fsp3) is 0.186. The van der Waals surface area contributed by atoms with Gasteiger partial charge < -0.3 is 4.90 Å². The highest BCUT2D eigenvalue weighted by Crippen LogP contribution is 2.63. The molecule has 0 bridgehead atoms. The molecule has 3 atom stereocenters. The minimum atomic E-state index is -0.495. The lowest BCUT2D eigenvalue weighted by molar-refractivity contribution is 0.413. The van der Waals surface area contributed by atoms with E-state index in [1.807, 2.05) is 0 Å². The quantitative estimate of drug-likeness (QED) is 0.169. The highest BCUT2D eigenvalue weighted by molar-refractivity contribution is 5.99. The molecular weight excluding hydrogens is 723 g/mol. The van der Waals surface area contributed by atoms with Gasteiger partial charge in [-0.25, -0.2) is 0 Å². The van der Waals surface area contributed by atoms with Gasteiger partial charge in [0.2, 0.25) is 0 Å². The second-order valence-electron chi connectivity index (χ2n) is 18.8. The maximum absolute atomic E-state index is 2.71. The first-order valence-corrected chi connectivity index (χ1v) is 21.9. The van der Waals surface area contributed by atoms with Crippen LogP contribution in [0.4, 0.5) is 5.69 Å². The summed E-state index contributed by atoms with van der Waals surface area (Å²) in [6.07, 6.45) is 18.2. The van der Waals surface area contributed by atoms with Gasteiger partial charge in [0.15, 0.2) is 0 Å². The summed E-state index contributed by atoms with van der Waals surface area (Å²) in [6, 6.07) is 57.5. The van der Waals surface area contributed by atoms with Crippen LogP contribution in [-0.2, 0) is 16.2 Å². The zero-order chi connectivity index (χ0) is 40.4. The molecule has 0 fully saturated rings. The Kier molecular flexibility index (Phi) is 7.56. The van der Waals surface area contributed by atoms with Gasteiger partial charge in [-0.05, 0) is 103 Å². The number of hydrogen-bond donors (Lipinski definition) is 0. The predicted octanol–water partition coefficient (Wildman–Crippen LogP) is 14.1. The van der Waals surface area contributed by atoms with E-state index in [9.17, 15) is 0 Å². The van der Waals surface area contributed by atoms with E-state index >= 15 is 0 Å². The van der Waals surface area contributed by atoms with E-state index in [-0.39, 0.29) is 22.7 Å². The Balaban J connectivity index is 1.18. The molecule has 6 aromatic rings. The Morgan fingerprint density at radius 3 is 1.88 bits per heavy atom. The van der Waals surface area contributed by atoms with Crippen molar-refractivity contribution in [3.63, 3.8) is 0 Å². The van der Waals surface area contributed by atoms with E-state index in [0.717, 1.165) is 6.42 Å². The highest BCUT2D eigenvalue weighted by Gasteiger charge is 2.53. The van der Waals surface area contributed by atoms with Crippen LogP contribution in [0.15, 0.2) is 211 Å². The number of anilines is 1. The van der Waals surface area contributed by atoms with Crippen LogP contribution in [0.1, 0.15) is 78.6 Å². The van der Waals surface area contributed by atoms with Gasteiger partial charge in [-0.2, -0.15) is 0 Å². The van der Waals surface area contributed by atoms with Crippen molar-refractivity contribution in [2.75, 3.05) is 4.90 Å². The second-order valence-corrected chi connectivity index (χ2v) is 18.8. The Labute approximate surface area is 355 Å². The molecule has 0 aromatic heterocycles. The monoisotopic (exact) mass is 771 g/mol. The van der Waals surface area contributed by atoms with Gasteiger partial charge in [-0.1, -0.05) is 204 Å². The average molecular weight is 772 g/mol. The van der Waals surface area contributed by atoms with Crippen molar-refractivity contribution >= 4 is 16.8 Å². The summed E-state index contributed by atoms with van der Waals surface area (Å²) in [4.78, 5) is 2.71. The molecule has 6 aromatic carbocycles. The average Bonchev–Trinajstić information content (AvgIpc) is 3.81. The molecule has 1 nitrogen and oxygen atoms in total. The molecule has 0 amide bonds. The number of benzene rings is 6. The summed E-state index contributed by atoms with van der Waals surface area (Å²) in [7, 11) is 0. The molecule has 0 heterocycles. The van der Waals surface area contributed by atoms with Crippen LogP contribution in [0.3, 0.4) is 0 Å². The zero-order valence-electron chi connectivity index (χ0n) is 34.9. The van der Waals surface area contributed by atoms with Gasteiger partial charge >= 0.3 is 0 Å². The minimum absolute atomic E-state index is 0.0537. The third kappa shape index (κ3) is 4.69. The van der Waals surface area contributed by atoms with Crippen LogP contribution in [-0.4, -0.2) is 0 Å². The first-order valence-electron chi connectivity index (χ1n) is 21.9. The second kappa shape index (κ2) is 12.8. The van der Waals surface area contributed by atoms with E-state index in [1.54, 1.807) is 0 Å². The van der Waals surface area contributed by atoms with E-state index in [1.165, 1.54) is 89.4 Å². The predicted molar refractivity (Wildman–Crippen MR) is 250 cm³/mol. The van der Waals surface area contributed by atoms with Crippen LogP contribution < -0.4 is 4.90 Å². The van der Waals surface area contributed by atoms with Crippen molar-refractivity contribution in [3.05, 3.63) is 256 Å². The van der Waals surface area contributed by atoms with E-state index in [0.29, 0.717) is 5.92 Å². The summed E-state index contributed by atoms with van der Waals surface area (Å²) in [5.74, 6) is 0.733. The summed E-state index contributed by atoms with van der Waals surface area (Å²) in [5.41, 5.74) is 21.1. The van der Waals surface area contributed by atoms with Crippen molar-refractivity contribution < 1.29 is 0 Å². The molecule has 0 aliphatic heterocycles. The summed E-state index contributed by atoms with van der Waals surface area (Å²) in [6.45, 7) is 9.67. The lowest BCUT2D eigenvalue weighted by Gasteiger charge is -2.43. The van der Waals surface area contributed by atoms with Crippen molar-refractivity contribution in [2.45, 2.75) is 50.4 Å². The van der Waals surface area contributed by atoms with Gasteiger partial charge in [0, 0.05) is 39.9 Å². The molecule has 6 aliphatic carbocycles. The topological polar surface area (TPSA) is 3.24 Å². The fourth-order valence-electron chi connectivity index (χ4n) is 12.4. The Morgan fingerprint density at radius 1 is 0.550 bits per heavy atom. The van der Waals surface area contributed by atoms with Crippen LogP contribution in [0.2, 0.25) is 0 Å². The van der Waals surface area contributed by atoms with Crippen molar-refractivity contribution in [1.29, 1.82) is 0 Å². The zero-order valence-corrected chi connectivity index (χ0v) is 34.9. The maximum Gasteiger partial charge on any atom is 0.0711 e. The molecule has 0 N–H and O–H groups in total. The molecule has 1 heteroatoms. The van der Waals surface area contributed by atoms with Gasteiger partial charge in [0.1, 0.15) is 0 Å². The molecule has 0 spiro atoms. The van der Waals surface area contributed by atoms with Crippen LogP contribution in [0, 0.1) is 17.8 Å². The van der Waals surface area contributed by atoms with E-state index in [4.69, 9.17) is 0 Å². The molecule has 0 saturated carbocycles. The fourth-order valence-corrected chi connectivity index (χ4v) is 12.4. The van der Waals surface area contributed by atoms with Crippen LogP contribution in [0.25, 0.3) is 22.3 Å². The van der Waals surface area contributed by atoms with Gasteiger partial charge in [-0.15, -0.1) is 0 Å². The third-order valence-corrected chi connectivity index (χ3v) is 15.2. The van der Waals surface area contributed by atoms with Crippen LogP contribution in [0.5, 0.6) is 0 Å². The largest absolute Gasteiger partial charge is 0.313 e. The highest BCUT2D eigenvalue weighted by atomic mass is 15.2. The summed E-state index contributed by atoms with van der Waals surface area (Å²) in [5, 5.41) is 0. The number of fused-ring (bicyclic) bond motifs is 10. The summed E-state index contributed by atoms with van der Waals surface area (Å²) >= 11 is 0. The Hall–Kier alpha value is -6.44. The molecule has 6 aliphatic rings. The number of hydrogen-bond acceptors (Lipinski definition) is 1.